The molecule has 19 heavy (non-hydrogen) atoms. The zero-order valence-corrected chi connectivity index (χ0v) is 11.2. The Labute approximate surface area is 117 Å². The van der Waals surface area contributed by atoms with Crippen molar-refractivity contribution in [3.63, 3.8) is 0 Å². The van der Waals surface area contributed by atoms with Gasteiger partial charge in [-0.15, -0.1) is 0 Å². The molecule has 4 nitrogen and oxygen atoms in total. The summed E-state index contributed by atoms with van der Waals surface area (Å²) in [7, 11) is 0. The molecule has 0 radical (unpaired) electrons. The van der Waals surface area contributed by atoms with E-state index in [2.05, 4.69) is 21.2 Å². The number of nitrogens with two attached hydrogens (primary N) is 1. The third kappa shape index (κ3) is 3.03. The average molecular weight is 325 g/mol. The van der Waals surface area contributed by atoms with Crippen molar-refractivity contribution in [1.29, 1.82) is 0 Å². The first-order valence-electron chi connectivity index (χ1n) is 5.32. The van der Waals surface area contributed by atoms with E-state index in [1.807, 2.05) is 0 Å². The Morgan fingerprint density at radius 2 is 2.00 bits per heavy atom. The lowest BCUT2D eigenvalue weighted by molar-refractivity contribution is 0.0698. The minimum Gasteiger partial charge on any atom is -0.478 e. The molecule has 0 unspecified atom stereocenters. The monoisotopic (exact) mass is 324 g/mol. The summed E-state index contributed by atoms with van der Waals surface area (Å²) in [6, 6.07) is 8.74. The number of carboxylic acids is 1. The summed E-state index contributed by atoms with van der Waals surface area (Å²) in [6.45, 7) is 0. The molecule has 0 amide bonds. The molecule has 0 aliphatic heterocycles. The predicted molar refractivity (Wildman–Crippen MR) is 75.2 cm³/mol. The number of anilines is 3. The summed E-state index contributed by atoms with van der Waals surface area (Å²) in [4.78, 5) is 11.1. The zero-order chi connectivity index (χ0) is 14.0. The molecule has 0 aliphatic rings. The van der Waals surface area contributed by atoms with Crippen molar-refractivity contribution in [3.8, 4) is 0 Å². The standard InChI is InChI=1S/C13H10BrFN2O2/c14-10-6-8(2-4-11(10)15)17-12-5-7(16)1-3-9(12)13(18)19/h1-6,17H,16H2,(H,18,19). The van der Waals surface area contributed by atoms with Gasteiger partial charge >= 0.3 is 5.97 Å². The molecule has 6 heteroatoms. The van der Waals surface area contributed by atoms with Gasteiger partial charge in [0.25, 0.3) is 0 Å². The van der Waals surface area contributed by atoms with E-state index < -0.39 is 11.8 Å². The van der Waals surface area contributed by atoms with E-state index in [1.165, 1.54) is 36.4 Å². The van der Waals surface area contributed by atoms with Crippen molar-refractivity contribution in [2.45, 2.75) is 0 Å². The van der Waals surface area contributed by atoms with Gasteiger partial charge in [-0.05, 0) is 52.3 Å². The fourth-order valence-corrected chi connectivity index (χ4v) is 1.96. The van der Waals surface area contributed by atoms with Crippen molar-refractivity contribution in [1.82, 2.24) is 0 Å². The summed E-state index contributed by atoms with van der Waals surface area (Å²) >= 11 is 3.07. The van der Waals surface area contributed by atoms with Crippen LogP contribution in [0.4, 0.5) is 21.5 Å². The fourth-order valence-electron chi connectivity index (χ4n) is 1.58. The highest BCUT2D eigenvalue weighted by molar-refractivity contribution is 9.10. The van der Waals surface area contributed by atoms with Crippen molar-refractivity contribution >= 4 is 39.0 Å². The average Bonchev–Trinajstić information content (AvgIpc) is 2.33. The van der Waals surface area contributed by atoms with Crippen LogP contribution in [0.25, 0.3) is 0 Å². The Morgan fingerprint density at radius 1 is 1.26 bits per heavy atom. The molecule has 4 N–H and O–H groups in total. The van der Waals surface area contributed by atoms with Gasteiger partial charge in [0.05, 0.1) is 15.7 Å². The summed E-state index contributed by atoms with van der Waals surface area (Å²) < 4.78 is 13.4. The third-order valence-electron chi connectivity index (χ3n) is 2.47. The molecule has 0 bridgehead atoms. The van der Waals surface area contributed by atoms with Gasteiger partial charge in [-0.25, -0.2) is 9.18 Å². The van der Waals surface area contributed by atoms with Crippen LogP contribution in [-0.4, -0.2) is 11.1 Å². The molecule has 0 heterocycles. The normalized spacial score (nSPS) is 10.2. The lowest BCUT2D eigenvalue weighted by Gasteiger charge is -2.11. The molecule has 0 aliphatic carbocycles. The summed E-state index contributed by atoms with van der Waals surface area (Å²) in [5, 5.41) is 12.0. The van der Waals surface area contributed by atoms with Crippen LogP contribution in [0.2, 0.25) is 0 Å². The predicted octanol–water partition coefficient (Wildman–Crippen LogP) is 3.61. The molecule has 2 rings (SSSR count). The Bertz CT molecular complexity index is 647. The van der Waals surface area contributed by atoms with Crippen LogP contribution < -0.4 is 11.1 Å². The molecule has 0 saturated carbocycles. The second-order valence-corrected chi connectivity index (χ2v) is 4.72. The maximum absolute atomic E-state index is 13.1. The number of hydrogen-bond acceptors (Lipinski definition) is 3. The first kappa shape index (κ1) is 13.4. The molecule has 0 spiro atoms. The van der Waals surface area contributed by atoms with Crippen molar-refractivity contribution in [3.05, 3.63) is 52.3 Å². The summed E-state index contributed by atoms with van der Waals surface area (Å²) in [6.07, 6.45) is 0. The number of aromatic carboxylic acids is 1. The second kappa shape index (κ2) is 5.27. The van der Waals surface area contributed by atoms with Crippen LogP contribution in [0.15, 0.2) is 40.9 Å². The molecule has 0 atom stereocenters. The van der Waals surface area contributed by atoms with Gasteiger partial charge in [0.2, 0.25) is 0 Å². The van der Waals surface area contributed by atoms with Gasteiger partial charge in [-0.3, -0.25) is 0 Å². The number of benzene rings is 2. The topological polar surface area (TPSA) is 75.4 Å². The Kier molecular flexibility index (Phi) is 3.71. The van der Waals surface area contributed by atoms with Crippen molar-refractivity contribution in [2.24, 2.45) is 0 Å². The Balaban J connectivity index is 2.39. The molecule has 98 valence electrons. The van der Waals surface area contributed by atoms with E-state index in [9.17, 15) is 9.18 Å². The number of carbonyl (C=O) groups is 1. The van der Waals surface area contributed by atoms with E-state index in [0.717, 1.165) is 0 Å². The summed E-state index contributed by atoms with van der Waals surface area (Å²) in [5.41, 5.74) is 7.07. The van der Waals surface area contributed by atoms with Gasteiger partial charge in [0.1, 0.15) is 5.82 Å². The largest absolute Gasteiger partial charge is 0.478 e. The minimum atomic E-state index is -1.07. The van der Waals surface area contributed by atoms with Crippen LogP contribution in [0, 0.1) is 5.82 Å². The van der Waals surface area contributed by atoms with Crippen LogP contribution in [0.1, 0.15) is 10.4 Å². The molecule has 0 fully saturated rings. The van der Waals surface area contributed by atoms with Crippen molar-refractivity contribution in [2.75, 3.05) is 11.1 Å². The van der Waals surface area contributed by atoms with Gasteiger partial charge in [0.15, 0.2) is 0 Å². The van der Waals surface area contributed by atoms with Crippen LogP contribution in [0.5, 0.6) is 0 Å². The number of nitrogens with one attached hydrogen (secondary N) is 1. The van der Waals surface area contributed by atoms with Gasteiger partial charge < -0.3 is 16.2 Å². The van der Waals surface area contributed by atoms with Gasteiger partial charge in [-0.2, -0.15) is 0 Å². The highest BCUT2D eigenvalue weighted by Crippen LogP contribution is 2.26. The van der Waals surface area contributed by atoms with Gasteiger partial charge in [-0.1, -0.05) is 0 Å². The highest BCUT2D eigenvalue weighted by atomic mass is 79.9. The molecule has 2 aromatic carbocycles. The molecular formula is C13H10BrFN2O2. The SMILES string of the molecule is Nc1ccc(C(=O)O)c(Nc2ccc(F)c(Br)c2)c1. The maximum atomic E-state index is 13.1. The second-order valence-electron chi connectivity index (χ2n) is 3.86. The van der Waals surface area contributed by atoms with E-state index in [0.29, 0.717) is 21.5 Å². The number of halogens is 2. The highest BCUT2D eigenvalue weighted by Gasteiger charge is 2.11. The Morgan fingerprint density at radius 3 is 2.63 bits per heavy atom. The number of carboxylic acid groups (broad SMARTS) is 1. The van der Waals surface area contributed by atoms with Crippen LogP contribution >= 0.6 is 15.9 Å². The molecule has 0 aromatic heterocycles. The van der Waals surface area contributed by atoms with Crippen LogP contribution in [0.3, 0.4) is 0 Å². The van der Waals surface area contributed by atoms with Crippen LogP contribution in [-0.2, 0) is 0 Å². The number of rotatable bonds is 3. The van der Waals surface area contributed by atoms with E-state index in [4.69, 9.17) is 10.8 Å². The van der Waals surface area contributed by atoms with E-state index >= 15 is 0 Å². The van der Waals surface area contributed by atoms with Gasteiger partial charge in [0, 0.05) is 11.4 Å². The van der Waals surface area contributed by atoms with E-state index in [1.54, 1.807) is 0 Å². The third-order valence-corrected chi connectivity index (χ3v) is 3.08. The van der Waals surface area contributed by atoms with Crippen molar-refractivity contribution < 1.29 is 14.3 Å². The van der Waals surface area contributed by atoms with E-state index in [-0.39, 0.29) is 5.56 Å². The maximum Gasteiger partial charge on any atom is 0.337 e. The lowest BCUT2D eigenvalue weighted by atomic mass is 10.1. The number of nitrogen functional groups attached to an aromatic ring is 1. The first-order valence-corrected chi connectivity index (χ1v) is 6.11. The molecule has 2 aromatic rings. The first-order chi connectivity index (χ1) is 8.97. The number of hydrogen-bond donors (Lipinski definition) is 3. The molecular weight excluding hydrogens is 315 g/mol. The molecule has 0 saturated heterocycles. The lowest BCUT2D eigenvalue weighted by Crippen LogP contribution is -2.03. The smallest absolute Gasteiger partial charge is 0.337 e. The fraction of sp³-hybridized carbons (Fsp3) is 0. The Hall–Kier alpha value is -2.08. The minimum absolute atomic E-state index is 0.0923. The quantitative estimate of drug-likeness (QED) is 0.754. The zero-order valence-electron chi connectivity index (χ0n) is 9.65. The summed E-state index contributed by atoms with van der Waals surface area (Å²) in [5.74, 6) is -1.46.